The molecular formula is C10H13NO4. The van der Waals surface area contributed by atoms with Crippen LogP contribution in [0, 0.1) is 17.0 Å². The number of non-ortho nitro benzene ring substituents is 1. The molecule has 15 heavy (non-hydrogen) atoms. The van der Waals surface area contributed by atoms with Gasteiger partial charge in [-0.2, -0.15) is 0 Å². The molecular weight excluding hydrogens is 198 g/mol. The molecule has 5 heteroatoms. The summed E-state index contributed by atoms with van der Waals surface area (Å²) in [5.74, 6) is -0.370. The van der Waals surface area contributed by atoms with Gasteiger partial charge in [-0.3, -0.25) is 10.1 Å². The smallest absolute Gasteiger partial charge is 0.269 e. The third-order valence-electron chi connectivity index (χ3n) is 2.34. The van der Waals surface area contributed by atoms with Crippen LogP contribution in [0.4, 0.5) is 5.69 Å². The molecule has 0 aliphatic heterocycles. The first-order chi connectivity index (χ1) is 7.10. The van der Waals surface area contributed by atoms with Gasteiger partial charge in [0.1, 0.15) is 0 Å². The normalized spacial score (nSPS) is 10.7. The molecule has 0 aromatic heterocycles. The Kier molecular flexibility index (Phi) is 3.76. The second kappa shape index (κ2) is 4.86. The molecule has 1 aromatic carbocycles. The number of aryl methyl sites for hydroxylation is 1. The average Bonchev–Trinajstić information content (AvgIpc) is 2.21. The summed E-state index contributed by atoms with van der Waals surface area (Å²) in [6.45, 7) is 1.38. The third kappa shape index (κ3) is 2.51. The van der Waals surface area contributed by atoms with Crippen molar-refractivity contribution in [2.75, 3.05) is 13.2 Å². The Morgan fingerprint density at radius 1 is 1.40 bits per heavy atom. The van der Waals surface area contributed by atoms with Gasteiger partial charge in [-0.05, 0) is 18.1 Å². The predicted octanol–water partition coefficient (Wildman–Crippen LogP) is 0.971. The summed E-state index contributed by atoms with van der Waals surface area (Å²) >= 11 is 0. The van der Waals surface area contributed by atoms with Crippen molar-refractivity contribution in [1.29, 1.82) is 0 Å². The minimum atomic E-state index is -0.469. The van der Waals surface area contributed by atoms with Gasteiger partial charge in [-0.25, -0.2) is 0 Å². The summed E-state index contributed by atoms with van der Waals surface area (Å²) in [6.07, 6.45) is 0. The third-order valence-corrected chi connectivity index (χ3v) is 2.34. The summed E-state index contributed by atoms with van der Waals surface area (Å²) in [4.78, 5) is 10.0. The quantitative estimate of drug-likeness (QED) is 0.574. The number of benzene rings is 1. The molecule has 0 fully saturated rings. The summed E-state index contributed by atoms with van der Waals surface area (Å²) in [6, 6.07) is 4.39. The fourth-order valence-electron chi connectivity index (χ4n) is 1.49. The minimum Gasteiger partial charge on any atom is -0.396 e. The zero-order valence-corrected chi connectivity index (χ0v) is 8.38. The van der Waals surface area contributed by atoms with Crippen LogP contribution in [0.25, 0.3) is 0 Å². The van der Waals surface area contributed by atoms with E-state index in [-0.39, 0.29) is 24.8 Å². The maximum atomic E-state index is 10.5. The molecule has 0 radical (unpaired) electrons. The molecule has 0 saturated heterocycles. The van der Waals surface area contributed by atoms with E-state index in [2.05, 4.69) is 0 Å². The van der Waals surface area contributed by atoms with Crippen LogP contribution in [0.3, 0.4) is 0 Å². The topological polar surface area (TPSA) is 83.6 Å². The number of rotatable bonds is 4. The van der Waals surface area contributed by atoms with Gasteiger partial charge < -0.3 is 10.2 Å². The Bertz CT molecular complexity index is 360. The van der Waals surface area contributed by atoms with Crippen molar-refractivity contribution in [2.45, 2.75) is 12.8 Å². The van der Waals surface area contributed by atoms with Crippen LogP contribution in [-0.2, 0) is 0 Å². The minimum absolute atomic E-state index is 0.0193. The first-order valence-electron chi connectivity index (χ1n) is 4.56. The number of nitro benzene ring substituents is 1. The number of aliphatic hydroxyl groups excluding tert-OH is 2. The molecule has 5 nitrogen and oxygen atoms in total. The van der Waals surface area contributed by atoms with Gasteiger partial charge in [0.05, 0.1) is 18.1 Å². The van der Waals surface area contributed by atoms with Crippen LogP contribution in [-0.4, -0.2) is 28.4 Å². The Labute approximate surface area is 87.1 Å². The van der Waals surface area contributed by atoms with Crippen LogP contribution >= 0.6 is 0 Å². The number of hydrogen-bond acceptors (Lipinski definition) is 4. The lowest BCUT2D eigenvalue weighted by atomic mass is 9.96. The second-order valence-electron chi connectivity index (χ2n) is 3.36. The zero-order chi connectivity index (χ0) is 11.4. The lowest BCUT2D eigenvalue weighted by Gasteiger charge is -2.13. The van der Waals surface area contributed by atoms with E-state index >= 15 is 0 Å². The molecule has 82 valence electrons. The molecule has 0 aliphatic rings. The maximum absolute atomic E-state index is 10.5. The van der Waals surface area contributed by atoms with Crippen LogP contribution in [0.15, 0.2) is 18.2 Å². The van der Waals surface area contributed by atoms with Crippen LogP contribution in [0.2, 0.25) is 0 Å². The Hall–Kier alpha value is -1.46. The van der Waals surface area contributed by atoms with Crippen LogP contribution in [0.1, 0.15) is 17.0 Å². The van der Waals surface area contributed by atoms with E-state index in [1.807, 2.05) is 0 Å². The van der Waals surface area contributed by atoms with Gasteiger partial charge >= 0.3 is 0 Å². The lowest BCUT2D eigenvalue weighted by Crippen LogP contribution is -2.10. The maximum Gasteiger partial charge on any atom is 0.269 e. The first-order valence-corrected chi connectivity index (χ1v) is 4.56. The van der Waals surface area contributed by atoms with Gasteiger partial charge in [0.2, 0.25) is 0 Å². The highest BCUT2D eigenvalue weighted by molar-refractivity contribution is 5.40. The number of nitrogens with zero attached hydrogens (tertiary/aromatic N) is 1. The van der Waals surface area contributed by atoms with Gasteiger partial charge in [0.25, 0.3) is 5.69 Å². The summed E-state index contributed by atoms with van der Waals surface area (Å²) in [5, 5.41) is 28.5. The molecule has 0 atom stereocenters. The van der Waals surface area contributed by atoms with Crippen molar-refractivity contribution in [1.82, 2.24) is 0 Å². The van der Waals surface area contributed by atoms with Gasteiger partial charge in [0, 0.05) is 18.1 Å². The molecule has 0 saturated carbocycles. The highest BCUT2D eigenvalue weighted by atomic mass is 16.6. The van der Waals surface area contributed by atoms with E-state index in [0.29, 0.717) is 5.56 Å². The Morgan fingerprint density at radius 3 is 2.40 bits per heavy atom. The fraction of sp³-hybridized carbons (Fsp3) is 0.400. The van der Waals surface area contributed by atoms with E-state index < -0.39 is 4.92 Å². The molecule has 0 amide bonds. The molecule has 1 aromatic rings. The number of nitro groups is 1. The number of aliphatic hydroxyl groups is 2. The first kappa shape index (κ1) is 11.6. The molecule has 0 spiro atoms. The van der Waals surface area contributed by atoms with Crippen molar-refractivity contribution in [3.05, 3.63) is 39.4 Å². The molecule has 0 bridgehead atoms. The van der Waals surface area contributed by atoms with Crippen molar-refractivity contribution < 1.29 is 15.1 Å². The van der Waals surface area contributed by atoms with E-state index in [0.717, 1.165) is 5.56 Å². The summed E-state index contributed by atoms with van der Waals surface area (Å²) in [5.41, 5.74) is 1.47. The molecule has 0 unspecified atom stereocenters. The SMILES string of the molecule is Cc1cc([N+](=O)[O-])ccc1C(CO)CO. The van der Waals surface area contributed by atoms with Gasteiger partial charge in [-0.15, -0.1) is 0 Å². The van der Waals surface area contributed by atoms with Crippen molar-refractivity contribution >= 4 is 5.69 Å². The monoisotopic (exact) mass is 211 g/mol. The van der Waals surface area contributed by atoms with E-state index in [1.54, 1.807) is 13.0 Å². The molecule has 1 rings (SSSR count). The predicted molar refractivity (Wildman–Crippen MR) is 54.7 cm³/mol. The molecule has 2 N–H and O–H groups in total. The second-order valence-corrected chi connectivity index (χ2v) is 3.36. The van der Waals surface area contributed by atoms with Crippen molar-refractivity contribution in [3.63, 3.8) is 0 Å². The summed E-state index contributed by atoms with van der Waals surface area (Å²) < 4.78 is 0. The van der Waals surface area contributed by atoms with Gasteiger partial charge in [0.15, 0.2) is 0 Å². The molecule has 0 heterocycles. The lowest BCUT2D eigenvalue weighted by molar-refractivity contribution is -0.384. The van der Waals surface area contributed by atoms with Crippen molar-refractivity contribution in [3.8, 4) is 0 Å². The largest absolute Gasteiger partial charge is 0.396 e. The standard InChI is InChI=1S/C10H13NO4/c1-7-4-9(11(14)15)2-3-10(7)8(5-12)6-13/h2-4,8,12-13H,5-6H2,1H3. The van der Waals surface area contributed by atoms with Crippen LogP contribution < -0.4 is 0 Å². The van der Waals surface area contributed by atoms with E-state index in [4.69, 9.17) is 10.2 Å². The van der Waals surface area contributed by atoms with Crippen molar-refractivity contribution in [2.24, 2.45) is 0 Å². The van der Waals surface area contributed by atoms with E-state index in [9.17, 15) is 10.1 Å². The Morgan fingerprint density at radius 2 is 2.00 bits per heavy atom. The highest BCUT2D eigenvalue weighted by Crippen LogP contribution is 2.23. The van der Waals surface area contributed by atoms with E-state index in [1.165, 1.54) is 12.1 Å². The summed E-state index contributed by atoms with van der Waals surface area (Å²) in [7, 11) is 0. The van der Waals surface area contributed by atoms with Crippen LogP contribution in [0.5, 0.6) is 0 Å². The van der Waals surface area contributed by atoms with Gasteiger partial charge in [-0.1, -0.05) is 6.07 Å². The Balaban J connectivity index is 3.07. The zero-order valence-electron chi connectivity index (χ0n) is 8.38. The average molecular weight is 211 g/mol. The molecule has 0 aliphatic carbocycles. The number of hydrogen-bond donors (Lipinski definition) is 2. The fourth-order valence-corrected chi connectivity index (χ4v) is 1.49. The highest BCUT2D eigenvalue weighted by Gasteiger charge is 2.14.